The summed E-state index contributed by atoms with van der Waals surface area (Å²) in [7, 11) is 0. The van der Waals surface area contributed by atoms with Gasteiger partial charge in [-0.1, -0.05) is 76.6 Å². The molecule has 0 aromatic heterocycles. The number of hydrogen-bond acceptors (Lipinski definition) is 0. The molecule has 0 saturated heterocycles. The zero-order valence-electron chi connectivity index (χ0n) is 10.6. The van der Waals surface area contributed by atoms with Gasteiger partial charge in [0.05, 0.1) is 0 Å². The lowest BCUT2D eigenvalue weighted by Gasteiger charge is -2.14. The molecule has 94 valence electrons. The fourth-order valence-electron chi connectivity index (χ4n) is 2.46. The second-order valence-corrected chi connectivity index (χ2v) is 5.52. The first-order valence-electron chi connectivity index (χ1n) is 6.57. The van der Waals surface area contributed by atoms with Crippen LogP contribution in [0.25, 0.3) is 16.7 Å². The van der Waals surface area contributed by atoms with E-state index >= 15 is 0 Å². The predicted octanol–water partition coefficient (Wildman–Crippen LogP) is 5.85. The van der Waals surface area contributed by atoms with Crippen molar-refractivity contribution in [1.29, 1.82) is 0 Å². The van der Waals surface area contributed by atoms with Gasteiger partial charge in [-0.15, -0.1) is 0 Å². The summed E-state index contributed by atoms with van der Waals surface area (Å²) < 4.78 is 1.14. The summed E-state index contributed by atoms with van der Waals surface area (Å²) in [4.78, 5) is 0. The first kappa shape index (κ1) is 12.4. The van der Waals surface area contributed by atoms with Crippen molar-refractivity contribution in [2.45, 2.75) is 12.8 Å². The quantitative estimate of drug-likeness (QED) is 0.652. The number of benzene rings is 2. The van der Waals surface area contributed by atoms with Gasteiger partial charge in [-0.3, -0.25) is 0 Å². The number of hydrogen-bond donors (Lipinski definition) is 0. The molecule has 0 atom stereocenters. The summed E-state index contributed by atoms with van der Waals surface area (Å²) in [5.41, 5.74) is 5.17. The Hall–Kier alpha value is -1.60. The molecule has 2 aromatic rings. The second kappa shape index (κ2) is 5.58. The Morgan fingerprint density at radius 3 is 2.11 bits per heavy atom. The van der Waals surface area contributed by atoms with Gasteiger partial charge in [0, 0.05) is 4.47 Å². The van der Waals surface area contributed by atoms with Gasteiger partial charge in [0.25, 0.3) is 0 Å². The lowest BCUT2D eigenvalue weighted by molar-refractivity contribution is 1.04. The van der Waals surface area contributed by atoms with Crippen LogP contribution in [0.1, 0.15) is 18.4 Å². The van der Waals surface area contributed by atoms with E-state index < -0.39 is 0 Å². The van der Waals surface area contributed by atoms with Crippen LogP contribution in [0.15, 0.2) is 71.2 Å². The van der Waals surface area contributed by atoms with Crippen LogP contribution in [0.5, 0.6) is 0 Å². The maximum atomic E-state index is 3.65. The summed E-state index contributed by atoms with van der Waals surface area (Å²) in [5, 5.41) is 0. The van der Waals surface area contributed by atoms with Crippen LogP contribution >= 0.6 is 15.9 Å². The topological polar surface area (TPSA) is 0 Å². The van der Waals surface area contributed by atoms with E-state index in [9.17, 15) is 0 Å². The average molecular weight is 311 g/mol. The standard InChI is InChI=1S/C18H15Br/c19-18-13-7-6-12-17(18)16-11-5-4-10-15(16)14-8-2-1-3-9-14/h2,4-13H,1,3H2. The fourth-order valence-corrected chi connectivity index (χ4v) is 2.96. The summed E-state index contributed by atoms with van der Waals surface area (Å²) in [6.45, 7) is 0. The minimum Gasteiger partial charge on any atom is -0.0836 e. The Morgan fingerprint density at radius 2 is 1.42 bits per heavy atom. The van der Waals surface area contributed by atoms with Crippen molar-refractivity contribution >= 4 is 21.5 Å². The normalized spacial score (nSPS) is 14.3. The van der Waals surface area contributed by atoms with Gasteiger partial charge in [-0.05, 0) is 41.2 Å². The third-order valence-electron chi connectivity index (χ3n) is 3.40. The van der Waals surface area contributed by atoms with E-state index in [2.05, 4.69) is 82.7 Å². The Kier molecular flexibility index (Phi) is 3.65. The molecule has 0 saturated carbocycles. The number of rotatable bonds is 2. The highest BCUT2D eigenvalue weighted by atomic mass is 79.9. The maximum Gasteiger partial charge on any atom is 0.0253 e. The number of allylic oxidation sites excluding steroid dienone is 4. The Morgan fingerprint density at radius 1 is 0.737 bits per heavy atom. The molecule has 0 spiro atoms. The molecular weight excluding hydrogens is 296 g/mol. The van der Waals surface area contributed by atoms with E-state index in [4.69, 9.17) is 0 Å². The molecule has 3 rings (SSSR count). The highest BCUT2D eigenvalue weighted by Crippen LogP contribution is 2.35. The van der Waals surface area contributed by atoms with Crippen molar-refractivity contribution in [2.24, 2.45) is 0 Å². The summed E-state index contributed by atoms with van der Waals surface area (Å²) in [5.74, 6) is 0. The molecule has 0 radical (unpaired) electrons. The minimum absolute atomic E-state index is 1.14. The fraction of sp³-hybridized carbons (Fsp3) is 0.111. The maximum absolute atomic E-state index is 3.65. The van der Waals surface area contributed by atoms with Gasteiger partial charge in [0.1, 0.15) is 0 Å². The molecule has 1 aliphatic carbocycles. The van der Waals surface area contributed by atoms with Crippen LogP contribution in [0.2, 0.25) is 0 Å². The van der Waals surface area contributed by atoms with Crippen LogP contribution in [-0.2, 0) is 0 Å². The first-order valence-corrected chi connectivity index (χ1v) is 7.36. The van der Waals surface area contributed by atoms with Crippen molar-refractivity contribution in [3.8, 4) is 11.1 Å². The molecule has 19 heavy (non-hydrogen) atoms. The smallest absolute Gasteiger partial charge is 0.0253 e. The van der Waals surface area contributed by atoms with E-state index in [0.29, 0.717) is 0 Å². The van der Waals surface area contributed by atoms with Gasteiger partial charge in [0.2, 0.25) is 0 Å². The predicted molar refractivity (Wildman–Crippen MR) is 85.9 cm³/mol. The molecule has 0 bridgehead atoms. The Balaban J connectivity index is 2.15. The Labute approximate surface area is 122 Å². The van der Waals surface area contributed by atoms with Crippen LogP contribution in [0.3, 0.4) is 0 Å². The average Bonchev–Trinajstić information content (AvgIpc) is 2.49. The van der Waals surface area contributed by atoms with Crippen molar-refractivity contribution in [3.63, 3.8) is 0 Å². The molecule has 0 unspecified atom stereocenters. The summed E-state index contributed by atoms with van der Waals surface area (Å²) in [6.07, 6.45) is 9.11. The molecule has 0 heterocycles. The van der Waals surface area contributed by atoms with E-state index in [1.54, 1.807) is 0 Å². The third kappa shape index (κ3) is 2.57. The van der Waals surface area contributed by atoms with Crippen LogP contribution in [-0.4, -0.2) is 0 Å². The van der Waals surface area contributed by atoms with Crippen molar-refractivity contribution in [3.05, 3.63) is 76.8 Å². The van der Waals surface area contributed by atoms with Gasteiger partial charge >= 0.3 is 0 Å². The lowest BCUT2D eigenvalue weighted by Crippen LogP contribution is -1.91. The van der Waals surface area contributed by atoms with E-state index in [1.807, 2.05) is 0 Å². The molecular formula is C18H15Br. The molecule has 2 aromatic carbocycles. The van der Waals surface area contributed by atoms with E-state index in [1.165, 1.54) is 22.3 Å². The summed E-state index contributed by atoms with van der Waals surface area (Å²) >= 11 is 3.65. The molecule has 0 amide bonds. The Bertz CT molecular complexity index is 650. The zero-order chi connectivity index (χ0) is 13.1. The highest BCUT2D eigenvalue weighted by molar-refractivity contribution is 9.10. The third-order valence-corrected chi connectivity index (χ3v) is 4.09. The van der Waals surface area contributed by atoms with Gasteiger partial charge in [-0.2, -0.15) is 0 Å². The van der Waals surface area contributed by atoms with E-state index in [-0.39, 0.29) is 0 Å². The van der Waals surface area contributed by atoms with Gasteiger partial charge < -0.3 is 0 Å². The second-order valence-electron chi connectivity index (χ2n) is 4.66. The molecule has 0 fully saturated rings. The minimum atomic E-state index is 1.14. The van der Waals surface area contributed by atoms with Crippen molar-refractivity contribution in [1.82, 2.24) is 0 Å². The molecule has 0 nitrogen and oxygen atoms in total. The first-order chi connectivity index (χ1) is 9.36. The number of halogens is 1. The van der Waals surface area contributed by atoms with Gasteiger partial charge in [0.15, 0.2) is 0 Å². The molecule has 0 N–H and O–H groups in total. The summed E-state index contributed by atoms with van der Waals surface area (Å²) in [6, 6.07) is 17.0. The lowest BCUT2D eigenvalue weighted by atomic mass is 9.92. The molecule has 1 aliphatic rings. The SMILES string of the molecule is Brc1ccccc1-c1ccccc1C1=CCCC=C1. The van der Waals surface area contributed by atoms with Crippen molar-refractivity contribution < 1.29 is 0 Å². The van der Waals surface area contributed by atoms with Gasteiger partial charge in [-0.25, -0.2) is 0 Å². The molecule has 0 aliphatic heterocycles. The largest absolute Gasteiger partial charge is 0.0836 e. The van der Waals surface area contributed by atoms with Crippen molar-refractivity contribution in [2.75, 3.05) is 0 Å². The van der Waals surface area contributed by atoms with Crippen LogP contribution in [0.4, 0.5) is 0 Å². The highest BCUT2D eigenvalue weighted by Gasteiger charge is 2.10. The monoisotopic (exact) mass is 310 g/mol. The van der Waals surface area contributed by atoms with Crippen LogP contribution in [0, 0.1) is 0 Å². The molecule has 1 heteroatoms. The van der Waals surface area contributed by atoms with Crippen LogP contribution < -0.4 is 0 Å². The van der Waals surface area contributed by atoms with E-state index in [0.717, 1.165) is 17.3 Å². The zero-order valence-corrected chi connectivity index (χ0v) is 12.2.